The van der Waals surface area contributed by atoms with Crippen LogP contribution in [0.15, 0.2) is 36.4 Å². The number of carbonyl (C=O) groups excluding carboxylic acids is 1. The van der Waals surface area contributed by atoms with Crippen LogP contribution < -0.4 is 15.4 Å². The maximum Gasteiger partial charge on any atom is 0.221 e. The van der Waals surface area contributed by atoms with E-state index in [4.69, 9.17) is 26.8 Å². The van der Waals surface area contributed by atoms with Crippen LogP contribution in [0.1, 0.15) is 29.2 Å². The van der Waals surface area contributed by atoms with Gasteiger partial charge in [-0.25, -0.2) is 0 Å². The molecule has 1 unspecified atom stereocenters. The molecule has 2 N–H and O–H groups in total. The number of ether oxygens (including phenoxy) is 2. The van der Waals surface area contributed by atoms with E-state index in [9.17, 15) is 4.79 Å². The molecule has 0 aliphatic carbocycles. The van der Waals surface area contributed by atoms with Crippen molar-refractivity contribution in [1.82, 2.24) is 4.90 Å². The minimum absolute atomic E-state index is 0.116. The molecule has 2 aromatic rings. The van der Waals surface area contributed by atoms with E-state index in [1.807, 2.05) is 18.2 Å². The van der Waals surface area contributed by atoms with Crippen molar-refractivity contribution in [3.05, 3.63) is 58.1 Å². The second kappa shape index (κ2) is 9.90. The summed E-state index contributed by atoms with van der Waals surface area (Å²) in [4.78, 5) is 16.1. The van der Waals surface area contributed by atoms with Crippen LogP contribution in [-0.4, -0.2) is 57.2 Å². The van der Waals surface area contributed by atoms with Crippen LogP contribution in [0.2, 0.25) is 5.02 Å². The first-order chi connectivity index (χ1) is 15.0. The number of benzene rings is 2. The Bertz CT molecular complexity index is 928. The minimum Gasteiger partial charge on any atom is -0.495 e. The van der Waals surface area contributed by atoms with Gasteiger partial charge in [-0.15, -0.1) is 0 Å². The SMILES string of the molecule is COc1ccc(N2CCN(CCC3OCCc4cc(CC(N)=O)ccc43)CC2)cc1Cl. The molecule has 4 rings (SSSR count). The lowest BCUT2D eigenvalue weighted by atomic mass is 9.93. The number of halogens is 1. The van der Waals surface area contributed by atoms with Gasteiger partial charge in [-0.3, -0.25) is 9.69 Å². The molecule has 2 aliphatic rings. The Balaban J connectivity index is 1.30. The Hall–Kier alpha value is -2.28. The standard InChI is InChI=1S/C24H30ClN3O3/c1-30-23-5-3-19(16-21(23)25)28-11-9-27(10-12-28)8-6-22-20-4-2-17(15-24(26)29)14-18(20)7-13-31-22/h2-5,14,16,22H,6-13,15H2,1H3,(H2,26,29). The minimum atomic E-state index is -0.292. The summed E-state index contributed by atoms with van der Waals surface area (Å²) >= 11 is 6.29. The van der Waals surface area contributed by atoms with Crippen LogP contribution in [0.25, 0.3) is 0 Å². The molecular formula is C24H30ClN3O3. The van der Waals surface area contributed by atoms with Crippen molar-refractivity contribution in [1.29, 1.82) is 0 Å². The van der Waals surface area contributed by atoms with Crippen molar-refractivity contribution >= 4 is 23.2 Å². The zero-order valence-corrected chi connectivity index (χ0v) is 18.7. The molecule has 0 bridgehead atoms. The lowest BCUT2D eigenvalue weighted by Crippen LogP contribution is -2.47. The van der Waals surface area contributed by atoms with Gasteiger partial charge in [0.15, 0.2) is 0 Å². The zero-order chi connectivity index (χ0) is 21.8. The number of rotatable bonds is 7. The summed E-state index contributed by atoms with van der Waals surface area (Å²) in [5.74, 6) is 0.415. The molecule has 0 saturated carbocycles. The van der Waals surface area contributed by atoms with E-state index in [0.717, 1.165) is 63.4 Å². The molecule has 31 heavy (non-hydrogen) atoms. The lowest BCUT2D eigenvalue weighted by Gasteiger charge is -2.37. The topological polar surface area (TPSA) is 68.0 Å². The number of nitrogens with two attached hydrogens (primary N) is 1. The lowest BCUT2D eigenvalue weighted by molar-refractivity contribution is -0.117. The molecule has 0 radical (unpaired) electrons. The number of hydrogen-bond donors (Lipinski definition) is 1. The average molecular weight is 444 g/mol. The van der Waals surface area contributed by atoms with Gasteiger partial charge in [-0.2, -0.15) is 0 Å². The second-order valence-corrected chi connectivity index (χ2v) is 8.63. The predicted octanol–water partition coefficient (Wildman–Crippen LogP) is 3.20. The van der Waals surface area contributed by atoms with Gasteiger partial charge < -0.3 is 20.1 Å². The zero-order valence-electron chi connectivity index (χ0n) is 18.0. The largest absolute Gasteiger partial charge is 0.495 e. The number of amides is 1. The summed E-state index contributed by atoms with van der Waals surface area (Å²) in [5.41, 5.74) is 10.0. The summed E-state index contributed by atoms with van der Waals surface area (Å²) in [6, 6.07) is 12.2. The number of piperazine rings is 1. The molecule has 7 heteroatoms. The van der Waals surface area contributed by atoms with Crippen LogP contribution >= 0.6 is 11.6 Å². The first-order valence-corrected chi connectivity index (χ1v) is 11.2. The molecule has 1 saturated heterocycles. The molecule has 2 aromatic carbocycles. The number of anilines is 1. The molecule has 0 spiro atoms. The van der Waals surface area contributed by atoms with Crippen LogP contribution in [0.5, 0.6) is 5.75 Å². The molecule has 0 aromatic heterocycles. The van der Waals surface area contributed by atoms with E-state index in [1.165, 1.54) is 11.1 Å². The van der Waals surface area contributed by atoms with Crippen LogP contribution in [-0.2, 0) is 22.4 Å². The molecule has 166 valence electrons. The summed E-state index contributed by atoms with van der Waals surface area (Å²) < 4.78 is 11.3. The van der Waals surface area contributed by atoms with Gasteiger partial charge in [0.05, 0.1) is 31.3 Å². The summed E-state index contributed by atoms with van der Waals surface area (Å²) in [5, 5.41) is 0.648. The fourth-order valence-electron chi connectivity index (χ4n) is 4.52. The number of methoxy groups -OCH3 is 1. The van der Waals surface area contributed by atoms with E-state index >= 15 is 0 Å². The fraction of sp³-hybridized carbons (Fsp3) is 0.458. The number of fused-ring (bicyclic) bond motifs is 1. The van der Waals surface area contributed by atoms with Gasteiger partial charge in [-0.1, -0.05) is 29.8 Å². The van der Waals surface area contributed by atoms with Gasteiger partial charge in [0.25, 0.3) is 0 Å². The van der Waals surface area contributed by atoms with Crippen molar-refractivity contribution in [2.24, 2.45) is 5.73 Å². The average Bonchev–Trinajstić information content (AvgIpc) is 2.77. The summed E-state index contributed by atoms with van der Waals surface area (Å²) in [7, 11) is 1.63. The van der Waals surface area contributed by atoms with Gasteiger partial charge in [0.1, 0.15) is 5.75 Å². The number of nitrogens with zero attached hydrogens (tertiary/aromatic N) is 2. The molecule has 1 amide bonds. The van der Waals surface area contributed by atoms with Gasteiger partial charge >= 0.3 is 0 Å². The second-order valence-electron chi connectivity index (χ2n) is 8.22. The Morgan fingerprint density at radius 1 is 1.19 bits per heavy atom. The molecule has 1 fully saturated rings. The molecule has 2 aliphatic heterocycles. The van der Waals surface area contributed by atoms with E-state index < -0.39 is 0 Å². The smallest absolute Gasteiger partial charge is 0.221 e. The quantitative estimate of drug-likeness (QED) is 0.711. The summed E-state index contributed by atoms with van der Waals surface area (Å²) in [6.45, 7) is 5.71. The first-order valence-electron chi connectivity index (χ1n) is 10.9. The Morgan fingerprint density at radius 2 is 2.00 bits per heavy atom. The van der Waals surface area contributed by atoms with Crippen LogP contribution in [0.4, 0.5) is 5.69 Å². The Labute approximate surface area is 188 Å². The van der Waals surface area contributed by atoms with E-state index in [0.29, 0.717) is 17.2 Å². The van der Waals surface area contributed by atoms with Gasteiger partial charge in [0, 0.05) is 38.4 Å². The molecule has 2 heterocycles. The van der Waals surface area contributed by atoms with Crippen molar-refractivity contribution in [2.75, 3.05) is 51.3 Å². The van der Waals surface area contributed by atoms with E-state index in [1.54, 1.807) is 7.11 Å². The third kappa shape index (κ3) is 5.32. The molecule has 1 atom stereocenters. The first kappa shape index (κ1) is 21.9. The Morgan fingerprint density at radius 3 is 2.71 bits per heavy atom. The molecular weight excluding hydrogens is 414 g/mol. The highest BCUT2D eigenvalue weighted by Gasteiger charge is 2.24. The van der Waals surface area contributed by atoms with Gasteiger partial charge in [-0.05, 0) is 47.7 Å². The Kier molecular flexibility index (Phi) is 7.00. The van der Waals surface area contributed by atoms with Crippen molar-refractivity contribution in [3.63, 3.8) is 0 Å². The summed E-state index contributed by atoms with van der Waals surface area (Å²) in [6.07, 6.45) is 2.27. The normalized spacial score (nSPS) is 19.2. The predicted molar refractivity (Wildman–Crippen MR) is 123 cm³/mol. The highest BCUT2D eigenvalue weighted by Crippen LogP contribution is 2.32. The molecule has 6 nitrogen and oxygen atoms in total. The maximum atomic E-state index is 11.2. The van der Waals surface area contributed by atoms with E-state index in [-0.39, 0.29) is 12.0 Å². The van der Waals surface area contributed by atoms with Crippen molar-refractivity contribution in [2.45, 2.75) is 25.4 Å². The highest BCUT2D eigenvalue weighted by atomic mass is 35.5. The van der Waals surface area contributed by atoms with Crippen molar-refractivity contribution in [3.8, 4) is 5.75 Å². The number of carbonyl (C=O) groups is 1. The number of hydrogen-bond acceptors (Lipinski definition) is 5. The van der Waals surface area contributed by atoms with Crippen LogP contribution in [0.3, 0.4) is 0 Å². The van der Waals surface area contributed by atoms with Crippen molar-refractivity contribution < 1.29 is 14.3 Å². The van der Waals surface area contributed by atoms with Crippen LogP contribution in [0, 0.1) is 0 Å². The third-order valence-electron chi connectivity index (χ3n) is 6.20. The number of primary amides is 1. The highest BCUT2D eigenvalue weighted by molar-refractivity contribution is 6.32. The van der Waals surface area contributed by atoms with E-state index in [2.05, 4.69) is 28.0 Å². The maximum absolute atomic E-state index is 11.2. The third-order valence-corrected chi connectivity index (χ3v) is 6.50. The fourth-order valence-corrected chi connectivity index (χ4v) is 4.77. The monoisotopic (exact) mass is 443 g/mol. The van der Waals surface area contributed by atoms with Gasteiger partial charge in [0.2, 0.25) is 5.91 Å².